The van der Waals surface area contributed by atoms with Crippen molar-refractivity contribution < 1.29 is 9.53 Å². The number of imidazole rings is 1. The maximum atomic E-state index is 12.1. The highest BCUT2D eigenvalue weighted by Gasteiger charge is 2.13. The number of anilines is 3. The van der Waals surface area contributed by atoms with Crippen LogP contribution in [0.5, 0.6) is 0 Å². The molecule has 0 bridgehead atoms. The van der Waals surface area contributed by atoms with E-state index in [-0.39, 0.29) is 5.97 Å². The van der Waals surface area contributed by atoms with Gasteiger partial charge in [-0.05, 0) is 37.3 Å². The van der Waals surface area contributed by atoms with E-state index >= 15 is 0 Å². The van der Waals surface area contributed by atoms with Gasteiger partial charge in [0.15, 0.2) is 11.5 Å². The lowest BCUT2D eigenvalue weighted by Gasteiger charge is -2.14. The lowest BCUT2D eigenvalue weighted by Crippen LogP contribution is -2.08. The van der Waals surface area contributed by atoms with E-state index in [0.717, 1.165) is 22.6 Å². The molecule has 0 saturated heterocycles. The minimum absolute atomic E-state index is 0.335. The van der Waals surface area contributed by atoms with Crippen molar-refractivity contribution in [3.05, 3.63) is 72.7 Å². The number of hydrogen-bond donors (Lipinski definition) is 1. The first-order chi connectivity index (χ1) is 14.6. The maximum absolute atomic E-state index is 12.1. The highest BCUT2D eigenvalue weighted by atomic mass is 16.5. The number of aromatic nitrogens is 3. The SMILES string of the molecule is CCOC(=O)c1cccc(-c2cnc3c(Nc4cccc(N(C)C)c4)nccn23)c1. The van der Waals surface area contributed by atoms with Gasteiger partial charge in [-0.3, -0.25) is 4.40 Å². The van der Waals surface area contributed by atoms with Crippen molar-refractivity contribution in [1.82, 2.24) is 14.4 Å². The molecular weight excluding hydrogens is 378 g/mol. The number of carbonyl (C=O) groups is 1. The minimum Gasteiger partial charge on any atom is -0.462 e. The quantitative estimate of drug-likeness (QED) is 0.484. The molecule has 4 aromatic rings. The Morgan fingerprint density at radius 3 is 2.77 bits per heavy atom. The highest BCUT2D eigenvalue weighted by Crippen LogP contribution is 2.27. The maximum Gasteiger partial charge on any atom is 0.338 e. The summed E-state index contributed by atoms with van der Waals surface area (Å²) in [5.41, 5.74) is 4.97. The van der Waals surface area contributed by atoms with Gasteiger partial charge >= 0.3 is 5.97 Å². The van der Waals surface area contributed by atoms with Crippen molar-refractivity contribution in [3.63, 3.8) is 0 Å². The van der Waals surface area contributed by atoms with Gasteiger partial charge in [0.05, 0.1) is 24.1 Å². The summed E-state index contributed by atoms with van der Waals surface area (Å²) >= 11 is 0. The molecule has 0 atom stereocenters. The molecule has 0 unspecified atom stereocenters. The van der Waals surface area contributed by atoms with E-state index in [4.69, 9.17) is 4.74 Å². The van der Waals surface area contributed by atoms with Crippen LogP contribution in [0, 0.1) is 0 Å². The standard InChI is InChI=1S/C23H23N5O2/c1-4-30-23(29)17-8-5-7-16(13-17)20-15-25-22-21(24-11-12-28(20)22)26-18-9-6-10-19(14-18)27(2)3/h5-15H,4H2,1-3H3,(H,24,26). The van der Waals surface area contributed by atoms with Crippen LogP contribution in [0.1, 0.15) is 17.3 Å². The van der Waals surface area contributed by atoms with E-state index in [0.29, 0.717) is 23.6 Å². The van der Waals surface area contributed by atoms with Crippen LogP contribution in [-0.4, -0.2) is 41.0 Å². The first-order valence-electron chi connectivity index (χ1n) is 9.71. The summed E-state index contributed by atoms with van der Waals surface area (Å²) in [6, 6.07) is 15.4. The Kier molecular flexibility index (Phi) is 5.34. The number of benzene rings is 2. The molecule has 0 aliphatic carbocycles. The zero-order valence-corrected chi connectivity index (χ0v) is 17.2. The molecule has 1 N–H and O–H groups in total. The molecule has 0 amide bonds. The van der Waals surface area contributed by atoms with Gasteiger partial charge in [0.2, 0.25) is 0 Å². The van der Waals surface area contributed by atoms with E-state index < -0.39 is 0 Å². The largest absolute Gasteiger partial charge is 0.462 e. The zero-order chi connectivity index (χ0) is 21.1. The second-order valence-electron chi connectivity index (χ2n) is 6.98. The lowest BCUT2D eigenvalue weighted by molar-refractivity contribution is 0.0526. The van der Waals surface area contributed by atoms with Gasteiger partial charge in [0.1, 0.15) is 0 Å². The molecule has 0 aliphatic rings. The van der Waals surface area contributed by atoms with Crippen LogP contribution < -0.4 is 10.2 Å². The predicted molar refractivity (Wildman–Crippen MR) is 118 cm³/mol. The number of rotatable bonds is 6. The molecule has 0 radical (unpaired) electrons. The predicted octanol–water partition coefficient (Wildman–Crippen LogP) is 4.38. The van der Waals surface area contributed by atoms with E-state index in [1.54, 1.807) is 25.4 Å². The molecule has 0 saturated carbocycles. The molecule has 152 valence electrons. The third kappa shape index (κ3) is 3.82. The van der Waals surface area contributed by atoms with Crippen LogP contribution >= 0.6 is 0 Å². The van der Waals surface area contributed by atoms with Gasteiger partial charge in [0, 0.05) is 43.4 Å². The van der Waals surface area contributed by atoms with E-state index in [2.05, 4.69) is 21.4 Å². The molecule has 7 heteroatoms. The summed E-state index contributed by atoms with van der Waals surface area (Å²) < 4.78 is 7.07. The average Bonchev–Trinajstić information content (AvgIpc) is 3.19. The molecule has 2 aromatic carbocycles. The summed E-state index contributed by atoms with van der Waals surface area (Å²) in [5.74, 6) is 0.319. The average molecular weight is 401 g/mol. The first-order valence-corrected chi connectivity index (χ1v) is 9.71. The van der Waals surface area contributed by atoms with Crippen molar-refractivity contribution in [3.8, 4) is 11.3 Å². The minimum atomic E-state index is -0.335. The number of hydrogen-bond acceptors (Lipinski definition) is 6. The van der Waals surface area contributed by atoms with Gasteiger partial charge in [-0.15, -0.1) is 0 Å². The first kappa shape index (κ1) is 19.4. The fourth-order valence-corrected chi connectivity index (χ4v) is 3.24. The van der Waals surface area contributed by atoms with E-state index in [1.165, 1.54) is 0 Å². The Hall–Kier alpha value is -3.87. The summed E-state index contributed by atoms with van der Waals surface area (Å²) in [6.07, 6.45) is 5.37. The van der Waals surface area contributed by atoms with Crippen LogP contribution in [0.2, 0.25) is 0 Å². The van der Waals surface area contributed by atoms with Crippen molar-refractivity contribution in [1.29, 1.82) is 0 Å². The third-order valence-corrected chi connectivity index (χ3v) is 4.72. The van der Waals surface area contributed by atoms with Gasteiger partial charge in [-0.25, -0.2) is 14.8 Å². The summed E-state index contributed by atoms with van der Waals surface area (Å²) in [5, 5.41) is 3.36. The second kappa shape index (κ2) is 8.24. The molecule has 0 spiro atoms. The Labute approximate surface area is 175 Å². The number of nitrogens with zero attached hydrogens (tertiary/aromatic N) is 4. The van der Waals surface area contributed by atoms with Crippen molar-refractivity contribution in [2.75, 3.05) is 30.9 Å². The second-order valence-corrected chi connectivity index (χ2v) is 6.98. The molecule has 30 heavy (non-hydrogen) atoms. The van der Waals surface area contributed by atoms with Crippen LogP contribution in [-0.2, 0) is 4.74 Å². The fourth-order valence-electron chi connectivity index (χ4n) is 3.24. The Bertz CT molecular complexity index is 1200. The summed E-state index contributed by atoms with van der Waals surface area (Å²) in [7, 11) is 4.01. The van der Waals surface area contributed by atoms with Crippen molar-refractivity contribution in [2.45, 2.75) is 6.92 Å². The summed E-state index contributed by atoms with van der Waals surface area (Å²) in [4.78, 5) is 23.2. The third-order valence-electron chi connectivity index (χ3n) is 4.72. The normalized spacial score (nSPS) is 10.8. The van der Waals surface area contributed by atoms with Gasteiger partial charge in [0.25, 0.3) is 0 Å². The molecule has 2 heterocycles. The molecule has 2 aromatic heterocycles. The topological polar surface area (TPSA) is 71.8 Å². The Balaban J connectivity index is 1.70. The van der Waals surface area contributed by atoms with Gasteiger partial charge < -0.3 is 15.0 Å². The Morgan fingerprint density at radius 1 is 1.13 bits per heavy atom. The smallest absolute Gasteiger partial charge is 0.338 e. The Morgan fingerprint density at radius 2 is 1.97 bits per heavy atom. The molecule has 0 aliphatic heterocycles. The van der Waals surface area contributed by atoms with Crippen LogP contribution in [0.25, 0.3) is 16.9 Å². The molecular formula is C23H23N5O2. The zero-order valence-electron chi connectivity index (χ0n) is 17.2. The lowest BCUT2D eigenvalue weighted by atomic mass is 10.1. The number of nitrogens with one attached hydrogen (secondary N) is 1. The van der Waals surface area contributed by atoms with Crippen molar-refractivity contribution in [2.24, 2.45) is 0 Å². The molecule has 0 fully saturated rings. The van der Waals surface area contributed by atoms with Crippen molar-refractivity contribution >= 4 is 28.8 Å². The number of esters is 1. The highest BCUT2D eigenvalue weighted by molar-refractivity contribution is 5.91. The van der Waals surface area contributed by atoms with E-state index in [9.17, 15) is 4.79 Å². The van der Waals surface area contributed by atoms with Gasteiger partial charge in [-0.1, -0.05) is 18.2 Å². The fraction of sp³-hybridized carbons (Fsp3) is 0.174. The monoisotopic (exact) mass is 401 g/mol. The summed E-state index contributed by atoms with van der Waals surface area (Å²) in [6.45, 7) is 2.14. The van der Waals surface area contributed by atoms with Gasteiger partial charge in [-0.2, -0.15) is 0 Å². The number of fused-ring (bicyclic) bond motifs is 1. The number of ether oxygens (including phenoxy) is 1. The molecule has 4 rings (SSSR count). The number of carbonyl (C=O) groups excluding carboxylic acids is 1. The van der Waals surface area contributed by atoms with Crippen LogP contribution in [0.4, 0.5) is 17.2 Å². The van der Waals surface area contributed by atoms with E-state index in [1.807, 2.05) is 66.0 Å². The molecule has 7 nitrogen and oxygen atoms in total. The van der Waals surface area contributed by atoms with Crippen LogP contribution in [0.15, 0.2) is 67.1 Å². The van der Waals surface area contributed by atoms with Crippen LogP contribution in [0.3, 0.4) is 0 Å².